The fourth-order valence-corrected chi connectivity index (χ4v) is 7.55. The number of rotatable bonds is 2. The summed E-state index contributed by atoms with van der Waals surface area (Å²) in [7, 11) is 0. The summed E-state index contributed by atoms with van der Waals surface area (Å²) in [6.07, 6.45) is 4.23. The molecule has 6 unspecified atom stereocenters. The van der Waals surface area contributed by atoms with Gasteiger partial charge in [-0.05, 0) is 63.1 Å². The third-order valence-electron chi connectivity index (χ3n) is 8.60. The molecular weight excluding hydrogens is 376 g/mol. The van der Waals surface area contributed by atoms with Gasteiger partial charge in [0.2, 0.25) is 0 Å². The summed E-state index contributed by atoms with van der Waals surface area (Å²) in [5.41, 5.74) is 8.93. The smallest absolute Gasteiger partial charge is 0.0874 e. The molecule has 2 fully saturated rings. The van der Waals surface area contributed by atoms with E-state index in [9.17, 15) is 0 Å². The van der Waals surface area contributed by atoms with Crippen LogP contribution < -0.4 is 0 Å². The largest absolute Gasteiger partial charge is 0.366 e. The lowest BCUT2D eigenvalue weighted by molar-refractivity contribution is 0.0500. The van der Waals surface area contributed by atoms with E-state index in [4.69, 9.17) is 4.74 Å². The highest BCUT2D eigenvalue weighted by molar-refractivity contribution is 5.74. The Morgan fingerprint density at radius 1 is 0.742 bits per heavy atom. The van der Waals surface area contributed by atoms with Crippen LogP contribution in [0.3, 0.4) is 0 Å². The summed E-state index contributed by atoms with van der Waals surface area (Å²) < 4.78 is 6.71. The Morgan fingerprint density at radius 2 is 1.45 bits per heavy atom. The predicted molar refractivity (Wildman–Crippen MR) is 126 cm³/mol. The van der Waals surface area contributed by atoms with Gasteiger partial charge in [-0.1, -0.05) is 92.7 Å². The molecule has 0 aromatic heterocycles. The van der Waals surface area contributed by atoms with Crippen LogP contribution in [0.5, 0.6) is 0 Å². The topological polar surface area (TPSA) is 9.23 Å². The van der Waals surface area contributed by atoms with Crippen molar-refractivity contribution in [2.45, 2.75) is 44.3 Å². The molecular formula is C30H28O. The molecule has 1 heteroatoms. The van der Waals surface area contributed by atoms with Gasteiger partial charge in [0.15, 0.2) is 0 Å². The number of benzene rings is 3. The normalized spacial score (nSPS) is 33.7. The van der Waals surface area contributed by atoms with Crippen molar-refractivity contribution in [2.24, 2.45) is 17.3 Å². The standard InChI is InChI=1S/C30H28O/c1-30(2)17-24-21-14-13-20(18-9-5-3-6-10-18)15-23(21)28(30)27-25-16-22(29(31-25)26(24)27)19-11-7-4-8-12-19/h3-16,24-29H,17H2,1-2H3. The average Bonchev–Trinajstić information content (AvgIpc) is 3.39. The summed E-state index contributed by atoms with van der Waals surface area (Å²) in [4.78, 5) is 0. The van der Waals surface area contributed by atoms with E-state index in [-0.39, 0.29) is 12.2 Å². The van der Waals surface area contributed by atoms with Crippen LogP contribution in [0, 0.1) is 17.3 Å². The molecule has 0 radical (unpaired) electrons. The first-order chi connectivity index (χ1) is 15.1. The molecule has 1 saturated carbocycles. The van der Waals surface area contributed by atoms with Crippen LogP contribution in [-0.2, 0) is 4.74 Å². The minimum absolute atomic E-state index is 0.253. The highest BCUT2D eigenvalue weighted by atomic mass is 16.5. The maximum atomic E-state index is 6.71. The molecule has 1 nitrogen and oxygen atoms in total. The first-order valence-electron chi connectivity index (χ1n) is 11.7. The van der Waals surface area contributed by atoms with Crippen LogP contribution >= 0.6 is 0 Å². The Bertz CT molecular complexity index is 1190. The van der Waals surface area contributed by atoms with E-state index in [2.05, 4.69) is 98.8 Å². The molecule has 2 aliphatic heterocycles. The molecule has 3 aromatic carbocycles. The molecule has 6 atom stereocenters. The van der Waals surface area contributed by atoms with Crippen molar-refractivity contribution < 1.29 is 4.74 Å². The van der Waals surface area contributed by atoms with Crippen molar-refractivity contribution in [1.82, 2.24) is 0 Å². The molecule has 8 rings (SSSR count). The molecule has 154 valence electrons. The third kappa shape index (κ3) is 2.41. The van der Waals surface area contributed by atoms with Gasteiger partial charge in [-0.3, -0.25) is 0 Å². The Morgan fingerprint density at radius 3 is 2.19 bits per heavy atom. The first-order valence-corrected chi connectivity index (χ1v) is 11.7. The van der Waals surface area contributed by atoms with E-state index in [0.29, 0.717) is 29.1 Å². The zero-order valence-electron chi connectivity index (χ0n) is 18.2. The van der Waals surface area contributed by atoms with E-state index in [1.165, 1.54) is 28.7 Å². The van der Waals surface area contributed by atoms with Gasteiger partial charge in [0, 0.05) is 11.8 Å². The van der Waals surface area contributed by atoms with Crippen LogP contribution in [0.1, 0.15) is 48.8 Å². The second-order valence-electron chi connectivity index (χ2n) is 10.7. The van der Waals surface area contributed by atoms with Crippen molar-refractivity contribution in [3.8, 4) is 11.1 Å². The van der Waals surface area contributed by atoms with Crippen LogP contribution in [-0.4, -0.2) is 12.2 Å². The van der Waals surface area contributed by atoms with Crippen molar-refractivity contribution in [2.75, 3.05) is 0 Å². The average molecular weight is 405 g/mol. The highest BCUT2D eigenvalue weighted by Crippen LogP contribution is 2.70. The minimum Gasteiger partial charge on any atom is -0.366 e. The van der Waals surface area contributed by atoms with Gasteiger partial charge in [0.25, 0.3) is 0 Å². The summed E-state index contributed by atoms with van der Waals surface area (Å²) in [6, 6.07) is 29.0. The van der Waals surface area contributed by atoms with Crippen molar-refractivity contribution in [1.29, 1.82) is 0 Å². The molecule has 31 heavy (non-hydrogen) atoms. The van der Waals surface area contributed by atoms with Gasteiger partial charge in [-0.25, -0.2) is 0 Å². The lowest BCUT2D eigenvalue weighted by Gasteiger charge is -2.57. The summed E-state index contributed by atoms with van der Waals surface area (Å²) in [5, 5.41) is 0. The minimum atomic E-state index is 0.253. The second kappa shape index (κ2) is 6.20. The summed E-state index contributed by atoms with van der Waals surface area (Å²) in [5.74, 6) is 2.36. The first kappa shape index (κ1) is 18.0. The molecule has 3 aromatic rings. The van der Waals surface area contributed by atoms with Crippen LogP contribution in [0.2, 0.25) is 0 Å². The van der Waals surface area contributed by atoms with E-state index in [1.54, 1.807) is 11.1 Å². The highest BCUT2D eigenvalue weighted by Gasteiger charge is 2.64. The van der Waals surface area contributed by atoms with Gasteiger partial charge in [-0.15, -0.1) is 0 Å². The Balaban J connectivity index is 1.35. The Kier molecular flexibility index (Phi) is 3.60. The number of hydrogen-bond acceptors (Lipinski definition) is 1. The third-order valence-corrected chi connectivity index (χ3v) is 8.60. The van der Waals surface area contributed by atoms with Gasteiger partial charge in [0.1, 0.15) is 0 Å². The monoisotopic (exact) mass is 404 g/mol. The maximum absolute atomic E-state index is 6.71. The molecule has 1 saturated heterocycles. The molecule has 0 amide bonds. The number of hydrogen-bond donors (Lipinski definition) is 0. The molecule has 2 heterocycles. The lowest BCUT2D eigenvalue weighted by atomic mass is 9.45. The molecule has 5 aliphatic rings. The number of fused-ring (bicyclic) bond motifs is 3. The fourth-order valence-electron chi connectivity index (χ4n) is 7.55. The maximum Gasteiger partial charge on any atom is 0.0874 e. The van der Waals surface area contributed by atoms with E-state index in [0.717, 1.165) is 0 Å². The molecule has 0 spiro atoms. The van der Waals surface area contributed by atoms with Crippen LogP contribution in [0.25, 0.3) is 16.7 Å². The van der Waals surface area contributed by atoms with Gasteiger partial charge < -0.3 is 4.74 Å². The molecule has 0 N–H and O–H groups in total. The molecule has 3 aliphatic carbocycles. The SMILES string of the molecule is CC1(C)CC2c3ccc(-c4ccccc4)cc3C1C1C3C=C(c4ccccc4)C(O3)C21. The van der Waals surface area contributed by atoms with E-state index >= 15 is 0 Å². The van der Waals surface area contributed by atoms with Crippen LogP contribution in [0.15, 0.2) is 84.9 Å². The zero-order chi connectivity index (χ0) is 20.7. The van der Waals surface area contributed by atoms with Crippen molar-refractivity contribution >= 4 is 5.57 Å². The predicted octanol–water partition coefficient (Wildman–Crippen LogP) is 7.06. The molecule has 4 bridgehead atoms. The Labute approximate surface area is 184 Å². The van der Waals surface area contributed by atoms with E-state index in [1.807, 2.05) is 0 Å². The van der Waals surface area contributed by atoms with Gasteiger partial charge >= 0.3 is 0 Å². The lowest BCUT2D eigenvalue weighted by Crippen LogP contribution is -2.50. The fraction of sp³-hybridized carbons (Fsp3) is 0.333. The van der Waals surface area contributed by atoms with Crippen molar-refractivity contribution in [3.63, 3.8) is 0 Å². The number of ether oxygens (including phenoxy) is 1. The quantitative estimate of drug-likeness (QED) is 0.444. The Hall–Kier alpha value is -2.64. The summed E-state index contributed by atoms with van der Waals surface area (Å²) >= 11 is 0. The summed E-state index contributed by atoms with van der Waals surface area (Å²) in [6.45, 7) is 4.99. The van der Waals surface area contributed by atoms with Gasteiger partial charge in [0.05, 0.1) is 12.2 Å². The van der Waals surface area contributed by atoms with Crippen molar-refractivity contribution in [3.05, 3.63) is 102 Å². The second-order valence-corrected chi connectivity index (χ2v) is 10.7. The van der Waals surface area contributed by atoms with Crippen LogP contribution in [0.4, 0.5) is 0 Å². The zero-order valence-corrected chi connectivity index (χ0v) is 18.2. The van der Waals surface area contributed by atoms with Gasteiger partial charge in [-0.2, -0.15) is 0 Å². The van der Waals surface area contributed by atoms with E-state index < -0.39 is 0 Å².